The number of allylic oxidation sites excluding steroid dienone is 1. The molecule has 6 aromatic rings. The fourth-order valence-electron chi connectivity index (χ4n) is 9.11. The summed E-state index contributed by atoms with van der Waals surface area (Å²) in [5.74, 6) is -0.0117. The number of fused-ring (bicyclic) bond motifs is 2. The number of carbonyl (C=O) groups is 1. The van der Waals surface area contributed by atoms with E-state index in [9.17, 15) is 23.3 Å². The number of pyridine rings is 2. The second-order valence-electron chi connectivity index (χ2n) is 17.9. The molecule has 2 N–H and O–H groups in total. The molecule has 1 saturated heterocycles. The molecule has 66 heavy (non-hydrogen) atoms. The lowest BCUT2D eigenvalue weighted by Crippen LogP contribution is -2.47. The van der Waals surface area contributed by atoms with E-state index in [-0.39, 0.29) is 47.0 Å². The molecular formula is C49H50ClN7O8S. The van der Waals surface area contributed by atoms with Crippen LogP contribution in [-0.4, -0.2) is 85.5 Å². The van der Waals surface area contributed by atoms with Crippen molar-refractivity contribution in [2.24, 2.45) is 11.3 Å². The van der Waals surface area contributed by atoms with Crippen LogP contribution in [0.5, 0.6) is 23.0 Å². The molecule has 0 bridgehead atoms. The Kier molecular flexibility index (Phi) is 12.5. The molecule has 3 aliphatic rings. The Labute approximate surface area is 388 Å². The molecule has 0 spiro atoms. The van der Waals surface area contributed by atoms with Crippen molar-refractivity contribution in [2.75, 3.05) is 51.3 Å². The van der Waals surface area contributed by atoms with Crippen LogP contribution < -0.4 is 23.8 Å². The van der Waals surface area contributed by atoms with Crippen molar-refractivity contribution < 1.29 is 32.3 Å². The number of amides is 1. The number of halogens is 1. The summed E-state index contributed by atoms with van der Waals surface area (Å²) < 4.78 is 47.5. The van der Waals surface area contributed by atoms with Gasteiger partial charge < -0.3 is 24.1 Å². The molecule has 1 atom stereocenters. The van der Waals surface area contributed by atoms with Gasteiger partial charge in [-0.15, -0.1) is 0 Å². The number of carbonyl (C=O) groups excluding carboxylic acids is 1. The lowest BCUT2D eigenvalue weighted by atomic mass is 9.72. The van der Waals surface area contributed by atoms with E-state index in [2.05, 4.69) is 55.5 Å². The minimum absolute atomic E-state index is 0.0595. The molecule has 9 rings (SSSR count). The van der Waals surface area contributed by atoms with Crippen LogP contribution in [0.4, 0.5) is 11.4 Å². The van der Waals surface area contributed by atoms with Crippen LogP contribution in [0.3, 0.4) is 0 Å². The molecule has 15 nitrogen and oxygen atoms in total. The van der Waals surface area contributed by atoms with E-state index in [1.165, 1.54) is 35.0 Å². The topological polar surface area (TPSA) is 182 Å². The van der Waals surface area contributed by atoms with Crippen LogP contribution >= 0.6 is 11.6 Å². The molecule has 1 amide bonds. The number of hydrogen-bond acceptors (Lipinski definition) is 12. The van der Waals surface area contributed by atoms with Crippen molar-refractivity contribution >= 4 is 55.5 Å². The Morgan fingerprint density at radius 2 is 1.79 bits per heavy atom. The van der Waals surface area contributed by atoms with Gasteiger partial charge in [0.25, 0.3) is 21.6 Å². The van der Waals surface area contributed by atoms with Gasteiger partial charge in [-0.05, 0) is 97.2 Å². The van der Waals surface area contributed by atoms with Crippen LogP contribution in [0, 0.1) is 21.4 Å². The van der Waals surface area contributed by atoms with Gasteiger partial charge in [-0.1, -0.05) is 43.2 Å². The van der Waals surface area contributed by atoms with Gasteiger partial charge in [0, 0.05) is 84.8 Å². The first-order valence-electron chi connectivity index (χ1n) is 21.9. The number of benzene rings is 3. The number of aromatic amines is 1. The summed E-state index contributed by atoms with van der Waals surface area (Å²) in [4.78, 5) is 41.9. The Hall–Kier alpha value is -6.49. The van der Waals surface area contributed by atoms with E-state index in [0.29, 0.717) is 36.7 Å². The maximum absolute atomic E-state index is 14.1. The van der Waals surface area contributed by atoms with Crippen molar-refractivity contribution in [1.82, 2.24) is 24.6 Å². The van der Waals surface area contributed by atoms with Crippen LogP contribution in [0.1, 0.15) is 60.3 Å². The highest BCUT2D eigenvalue weighted by atomic mass is 35.5. The third-order valence-electron chi connectivity index (χ3n) is 12.7. The number of methoxy groups -OCH3 is 1. The minimum Gasteiger partial charge on any atom is -0.495 e. The molecule has 2 aliphatic heterocycles. The number of hydrogen-bond donors (Lipinski definition) is 2. The van der Waals surface area contributed by atoms with Gasteiger partial charge in [0.15, 0.2) is 0 Å². The van der Waals surface area contributed by atoms with E-state index in [1.807, 2.05) is 24.3 Å². The minimum atomic E-state index is -4.66. The van der Waals surface area contributed by atoms with Crippen molar-refractivity contribution in [3.63, 3.8) is 0 Å². The van der Waals surface area contributed by atoms with Gasteiger partial charge in [0.2, 0.25) is 0 Å². The number of aromatic nitrogens is 3. The van der Waals surface area contributed by atoms with Gasteiger partial charge in [-0.25, -0.2) is 18.1 Å². The van der Waals surface area contributed by atoms with Gasteiger partial charge in [0.1, 0.15) is 28.6 Å². The fourth-order valence-corrected chi connectivity index (χ4v) is 10.2. The highest BCUT2D eigenvalue weighted by Crippen LogP contribution is 2.44. The maximum Gasteiger partial charge on any atom is 0.277 e. The molecule has 0 saturated carbocycles. The monoisotopic (exact) mass is 931 g/mol. The van der Waals surface area contributed by atoms with Crippen molar-refractivity contribution in [3.05, 3.63) is 141 Å². The summed E-state index contributed by atoms with van der Waals surface area (Å²) in [5.41, 5.74) is 6.30. The zero-order valence-corrected chi connectivity index (χ0v) is 38.5. The number of nitro benzene ring substituents is 1. The number of piperazine rings is 1. The fraction of sp³-hybridized carbons (Fsp3) is 0.327. The zero-order valence-electron chi connectivity index (χ0n) is 36.9. The zero-order chi connectivity index (χ0) is 46.2. The Morgan fingerprint density at radius 3 is 2.53 bits per heavy atom. The number of nitrogens with one attached hydrogen (secondary N) is 2. The number of nitro groups is 1. The summed E-state index contributed by atoms with van der Waals surface area (Å²) in [5, 5.41) is 13.9. The van der Waals surface area contributed by atoms with E-state index in [4.69, 9.17) is 25.8 Å². The molecule has 0 radical (unpaired) electrons. The molecule has 17 heteroatoms. The summed E-state index contributed by atoms with van der Waals surface area (Å²) in [6, 6.07) is 22.6. The molecular weight excluding hydrogens is 882 g/mol. The predicted octanol–water partition coefficient (Wildman–Crippen LogP) is 9.02. The first-order chi connectivity index (χ1) is 31.7. The highest BCUT2D eigenvalue weighted by molar-refractivity contribution is 7.90. The number of anilines is 1. The average Bonchev–Trinajstić information content (AvgIpc) is 3.78. The van der Waals surface area contributed by atoms with E-state index in [1.54, 1.807) is 43.8 Å². The standard InChI is InChI=1S/C49H50ClN7O8S/c1-49(2)14-12-34(43(26-49)32-4-6-35(50)7-5-32)29-55-16-18-56(19-17-55)37-9-11-41(46(23-37)65-39-22-33-13-15-51-47(33)53-28-39)48(58)54-66(61,62)40-24-44(57(59)60)42-21-31(30-64-45(42)25-40)20-36-8-10-38(63-3)27-52-36/h4-11,13,15,22-25,27-28,31H,12,14,16-21,26,29-30H2,1-3H3,(H,51,53)(H,54,58)/t31-/m1/s1. The molecule has 1 aliphatic carbocycles. The van der Waals surface area contributed by atoms with Crippen molar-refractivity contribution in [1.29, 1.82) is 0 Å². The van der Waals surface area contributed by atoms with E-state index in [0.717, 1.165) is 66.8 Å². The van der Waals surface area contributed by atoms with Gasteiger partial charge in [-0.3, -0.25) is 24.8 Å². The first kappa shape index (κ1) is 44.7. The van der Waals surface area contributed by atoms with Crippen LogP contribution in [-0.2, 0) is 22.9 Å². The van der Waals surface area contributed by atoms with E-state index >= 15 is 0 Å². The summed E-state index contributed by atoms with van der Waals surface area (Å²) in [7, 11) is -3.11. The largest absolute Gasteiger partial charge is 0.495 e. The van der Waals surface area contributed by atoms with Crippen LogP contribution in [0.2, 0.25) is 5.02 Å². The lowest BCUT2D eigenvalue weighted by molar-refractivity contribution is -0.386. The van der Waals surface area contributed by atoms with Crippen molar-refractivity contribution in [3.8, 4) is 23.0 Å². The SMILES string of the molecule is COc1ccc(C[C@H]2COc3cc(S(=O)(=O)NC(=O)c4ccc(N5CCN(CC6=C(c7ccc(Cl)cc7)CC(C)(C)CC6)CC5)cc4Oc4cnc5[nH]ccc5c4)cc([N+](=O)[O-])c3C2)nc1. The maximum atomic E-state index is 14.1. The summed E-state index contributed by atoms with van der Waals surface area (Å²) in [6.07, 6.45) is 8.79. The predicted molar refractivity (Wildman–Crippen MR) is 252 cm³/mol. The molecule has 3 aromatic carbocycles. The van der Waals surface area contributed by atoms with Gasteiger partial charge in [-0.2, -0.15) is 0 Å². The smallest absolute Gasteiger partial charge is 0.277 e. The second kappa shape index (κ2) is 18.4. The third kappa shape index (κ3) is 9.86. The number of nitrogens with zero attached hydrogens (tertiary/aromatic N) is 5. The second-order valence-corrected chi connectivity index (χ2v) is 20.1. The normalized spacial score (nSPS) is 17.5. The third-order valence-corrected chi connectivity index (χ3v) is 14.3. The molecule has 1 fully saturated rings. The average molecular weight is 932 g/mol. The summed E-state index contributed by atoms with van der Waals surface area (Å²) in [6.45, 7) is 8.76. The van der Waals surface area contributed by atoms with Crippen molar-refractivity contribution in [2.45, 2.75) is 50.8 Å². The quantitative estimate of drug-likeness (QED) is 0.0830. The van der Waals surface area contributed by atoms with Gasteiger partial charge in [0.05, 0.1) is 47.1 Å². The Morgan fingerprint density at radius 1 is 1.00 bits per heavy atom. The number of ether oxygens (including phenoxy) is 3. The van der Waals surface area contributed by atoms with E-state index < -0.39 is 31.4 Å². The van der Waals surface area contributed by atoms with Crippen LogP contribution in [0.25, 0.3) is 16.6 Å². The number of sulfonamides is 1. The Balaban J connectivity index is 0.938. The summed E-state index contributed by atoms with van der Waals surface area (Å²) >= 11 is 6.25. The molecule has 0 unspecified atom stereocenters. The highest BCUT2D eigenvalue weighted by Gasteiger charge is 2.33. The molecule has 342 valence electrons. The first-order valence-corrected chi connectivity index (χ1v) is 23.8. The van der Waals surface area contributed by atoms with Gasteiger partial charge >= 0.3 is 0 Å². The Bertz CT molecular complexity index is 2950. The number of H-pyrrole nitrogens is 1. The molecule has 5 heterocycles. The van der Waals surface area contributed by atoms with Crippen LogP contribution in [0.15, 0.2) is 108 Å². The lowest BCUT2D eigenvalue weighted by Gasteiger charge is -2.39. The molecule has 3 aromatic heterocycles. The number of rotatable bonds is 13.